The molecule has 0 atom stereocenters. The fraction of sp³-hybridized carbons (Fsp3) is 0.423. The van der Waals surface area contributed by atoms with Gasteiger partial charge in [-0.15, -0.1) is 0 Å². The van der Waals surface area contributed by atoms with E-state index < -0.39 is 29.5 Å². The molecule has 4 aromatic carbocycles. The SMILES string of the molecule is C.C.CC(C)(C)OC(=O)N1CCC2(CC1)CC(=O)c1cc(-c3cccc(C#N)c3)ccc1O2.CC(C)(C)OC(=O)N1CCC2(CC1)CC(=O)c1cc(Br)ccc1O2.[C-]#[N+]c1cccc(B(O)O)c1. The highest BCUT2D eigenvalue weighted by Gasteiger charge is 2.46. The summed E-state index contributed by atoms with van der Waals surface area (Å²) in [5.74, 6) is 1.37. The number of carbonyl (C=O) groups is 4. The molecule has 4 aromatic rings. The normalized spacial score (nSPS) is 16.3. The Labute approximate surface area is 409 Å². The lowest BCUT2D eigenvalue weighted by Crippen LogP contribution is -2.52. The topological polar surface area (TPSA) is 180 Å². The molecular formula is C52H62BBrN4O10. The number of nitriles is 1. The maximum Gasteiger partial charge on any atom is 0.487 e. The molecule has 68 heavy (non-hydrogen) atoms. The Bertz CT molecular complexity index is 2560. The molecular weight excluding hydrogens is 931 g/mol. The first-order chi connectivity index (χ1) is 31.1. The van der Waals surface area contributed by atoms with Crippen molar-refractivity contribution >= 4 is 58.0 Å². The predicted octanol–water partition coefficient (Wildman–Crippen LogP) is 10.3. The molecule has 0 unspecified atom stereocenters. The van der Waals surface area contributed by atoms with Gasteiger partial charge in [0.05, 0.1) is 42.2 Å². The Kier molecular flexibility index (Phi) is 17.8. The maximum atomic E-state index is 13.0. The van der Waals surface area contributed by atoms with Gasteiger partial charge in [-0.05, 0) is 101 Å². The van der Waals surface area contributed by atoms with Crippen molar-refractivity contribution in [3.8, 4) is 28.7 Å². The smallest absolute Gasteiger partial charge is 0.486 e. The van der Waals surface area contributed by atoms with Gasteiger partial charge in [-0.3, -0.25) is 9.59 Å². The van der Waals surface area contributed by atoms with Crippen LogP contribution in [0.1, 0.15) is 121 Å². The fourth-order valence-corrected chi connectivity index (χ4v) is 8.43. The molecule has 0 aliphatic carbocycles. The van der Waals surface area contributed by atoms with Gasteiger partial charge < -0.3 is 38.8 Å². The summed E-state index contributed by atoms with van der Waals surface area (Å²) in [6, 6.07) is 26.8. The minimum absolute atomic E-state index is 0. The highest BCUT2D eigenvalue weighted by molar-refractivity contribution is 9.10. The molecule has 0 saturated carbocycles. The summed E-state index contributed by atoms with van der Waals surface area (Å²) in [5, 5.41) is 26.5. The predicted molar refractivity (Wildman–Crippen MR) is 265 cm³/mol. The zero-order valence-corrected chi connectivity index (χ0v) is 39.6. The van der Waals surface area contributed by atoms with Gasteiger partial charge in [-0.25, -0.2) is 14.4 Å². The standard InChI is InChI=1S/C25H26N2O4.C18H22BrNO4.C7H6BNO2.2CH4/c1-24(2,3)31-23(29)27-11-9-25(10-12-27)15-21(28)20-14-19(7-8-22(20)30-25)18-6-4-5-17(13-18)16-26;1-17(2,3)24-16(22)20-8-6-18(7-9-20)11-14(21)13-10-12(19)4-5-15(13)23-18;1-9-7-4-2-3-6(5-7)8(10)11;;/h4-8,13-14H,9-12,15H2,1-3H3;4-5,10H,6-9,11H2,1-3H3;2-5,10-11H;2*1H4. The molecule has 2 spiro atoms. The summed E-state index contributed by atoms with van der Waals surface area (Å²) >= 11 is 3.39. The number of nitrogens with zero attached hydrogens (tertiary/aromatic N) is 4. The number of hydrogen-bond donors (Lipinski definition) is 2. The van der Waals surface area contributed by atoms with Gasteiger partial charge in [0.15, 0.2) is 17.3 Å². The van der Waals surface area contributed by atoms with Gasteiger partial charge in [0.25, 0.3) is 0 Å². The highest BCUT2D eigenvalue weighted by atomic mass is 79.9. The summed E-state index contributed by atoms with van der Waals surface area (Å²) in [5.41, 5.74) is 2.18. The van der Waals surface area contributed by atoms with Crippen LogP contribution in [0.25, 0.3) is 16.0 Å². The molecule has 4 aliphatic rings. The van der Waals surface area contributed by atoms with Crippen LogP contribution in [-0.2, 0) is 9.47 Å². The summed E-state index contributed by atoms with van der Waals surface area (Å²) in [6.07, 6.45) is 2.47. The van der Waals surface area contributed by atoms with Crippen LogP contribution in [0.2, 0.25) is 0 Å². The molecule has 4 aliphatic heterocycles. The highest BCUT2D eigenvalue weighted by Crippen LogP contribution is 2.42. The Morgan fingerprint density at radius 2 is 1.19 bits per heavy atom. The van der Waals surface area contributed by atoms with Crippen molar-refractivity contribution in [3.63, 3.8) is 0 Å². The zero-order valence-electron chi connectivity index (χ0n) is 38.1. The monoisotopic (exact) mass is 992 g/mol. The first-order valence-electron chi connectivity index (χ1n) is 21.8. The number of fused-ring (bicyclic) bond motifs is 2. The molecule has 4 heterocycles. The molecule has 360 valence electrons. The van der Waals surface area contributed by atoms with Crippen LogP contribution in [0.4, 0.5) is 15.3 Å². The molecule has 2 saturated heterocycles. The minimum Gasteiger partial charge on any atom is -0.486 e. The van der Waals surface area contributed by atoms with Gasteiger partial charge in [0.1, 0.15) is 33.9 Å². The number of ether oxygens (including phenoxy) is 4. The van der Waals surface area contributed by atoms with Gasteiger partial charge in [-0.2, -0.15) is 5.26 Å². The first kappa shape index (κ1) is 54.4. The number of hydrogen-bond acceptors (Lipinski definition) is 11. The largest absolute Gasteiger partial charge is 0.487 e. The van der Waals surface area contributed by atoms with E-state index in [2.05, 4.69) is 26.8 Å². The van der Waals surface area contributed by atoms with Crippen molar-refractivity contribution in [1.82, 2.24) is 9.80 Å². The minimum atomic E-state index is -1.49. The molecule has 8 rings (SSSR count). The Hall–Kier alpha value is -6.20. The van der Waals surface area contributed by atoms with E-state index in [1.807, 2.05) is 90.1 Å². The van der Waals surface area contributed by atoms with Crippen LogP contribution in [0, 0.1) is 17.9 Å². The third-order valence-corrected chi connectivity index (χ3v) is 11.9. The van der Waals surface area contributed by atoms with E-state index in [1.54, 1.807) is 40.1 Å². The summed E-state index contributed by atoms with van der Waals surface area (Å²) in [4.78, 5) is 56.6. The number of rotatable bonds is 2. The fourth-order valence-electron chi connectivity index (χ4n) is 8.07. The van der Waals surface area contributed by atoms with Gasteiger partial charge in [0.2, 0.25) is 0 Å². The molecule has 0 radical (unpaired) electrons. The van der Waals surface area contributed by atoms with Crippen LogP contribution in [0.15, 0.2) is 89.4 Å². The van der Waals surface area contributed by atoms with Crippen LogP contribution in [-0.4, -0.2) is 99.3 Å². The average molecular weight is 994 g/mol. The van der Waals surface area contributed by atoms with Crippen molar-refractivity contribution in [2.75, 3.05) is 26.2 Å². The number of halogens is 1. The second-order valence-corrected chi connectivity index (χ2v) is 19.7. The lowest BCUT2D eigenvalue weighted by molar-refractivity contribution is -0.0240. The number of likely N-dealkylation sites (tertiary alicyclic amines) is 2. The second-order valence-electron chi connectivity index (χ2n) is 18.8. The lowest BCUT2D eigenvalue weighted by atomic mass is 9.80. The molecule has 2 N–H and O–H groups in total. The van der Waals surface area contributed by atoms with Gasteiger partial charge in [0, 0.05) is 56.3 Å². The summed E-state index contributed by atoms with van der Waals surface area (Å²) < 4.78 is 24.3. The van der Waals surface area contributed by atoms with E-state index in [-0.39, 0.29) is 38.6 Å². The maximum absolute atomic E-state index is 13.0. The summed E-state index contributed by atoms with van der Waals surface area (Å²) in [7, 11) is -1.49. The molecule has 14 nitrogen and oxygen atoms in total. The van der Waals surface area contributed by atoms with Crippen LogP contribution >= 0.6 is 15.9 Å². The van der Waals surface area contributed by atoms with Crippen molar-refractivity contribution in [2.45, 2.75) is 117 Å². The van der Waals surface area contributed by atoms with Crippen LogP contribution in [0.5, 0.6) is 11.5 Å². The van der Waals surface area contributed by atoms with Gasteiger partial charge in [-0.1, -0.05) is 73.2 Å². The average Bonchev–Trinajstić information content (AvgIpc) is 3.26. The van der Waals surface area contributed by atoms with Crippen molar-refractivity contribution in [2.24, 2.45) is 0 Å². The Morgan fingerprint density at radius 3 is 1.66 bits per heavy atom. The van der Waals surface area contributed by atoms with Crippen LogP contribution in [0.3, 0.4) is 0 Å². The molecule has 16 heteroatoms. The van der Waals surface area contributed by atoms with E-state index >= 15 is 0 Å². The lowest BCUT2D eigenvalue weighted by Gasteiger charge is -2.44. The van der Waals surface area contributed by atoms with Crippen LogP contribution < -0.4 is 14.9 Å². The zero-order chi connectivity index (χ0) is 48.0. The van der Waals surface area contributed by atoms with Crippen molar-refractivity contribution in [3.05, 3.63) is 118 Å². The first-order valence-corrected chi connectivity index (χ1v) is 22.6. The number of piperidine rings is 2. The number of ketones is 2. The third-order valence-electron chi connectivity index (χ3n) is 11.4. The molecule has 2 fully saturated rings. The number of Topliss-reactive ketones (excluding diaryl/α,β-unsaturated/α-hetero) is 2. The number of benzene rings is 4. The second kappa shape index (κ2) is 22.3. The number of amides is 2. The quantitative estimate of drug-likeness (QED) is 0.144. The molecule has 0 aromatic heterocycles. The van der Waals surface area contributed by atoms with E-state index in [9.17, 15) is 19.2 Å². The van der Waals surface area contributed by atoms with E-state index in [1.165, 1.54) is 6.07 Å². The number of carbonyl (C=O) groups excluding carboxylic acids is 4. The third kappa shape index (κ3) is 13.9. The van der Waals surface area contributed by atoms with E-state index in [0.717, 1.165) is 15.6 Å². The van der Waals surface area contributed by atoms with E-state index in [0.29, 0.717) is 104 Å². The summed E-state index contributed by atoms with van der Waals surface area (Å²) in [6.45, 7) is 19.8. The van der Waals surface area contributed by atoms with Crippen molar-refractivity contribution < 1.29 is 48.2 Å². The van der Waals surface area contributed by atoms with Gasteiger partial charge >= 0.3 is 19.3 Å². The Balaban J connectivity index is 0.000000242. The molecule has 0 bridgehead atoms. The Morgan fingerprint density at radius 1 is 0.721 bits per heavy atom. The van der Waals surface area contributed by atoms with E-state index in [4.69, 9.17) is 40.8 Å². The molecule has 2 amide bonds. The van der Waals surface area contributed by atoms with Crippen molar-refractivity contribution in [1.29, 1.82) is 5.26 Å².